The fourth-order valence-electron chi connectivity index (χ4n) is 3.51. The van der Waals surface area contributed by atoms with Gasteiger partial charge < -0.3 is 15.2 Å². The Morgan fingerprint density at radius 3 is 2.50 bits per heavy atom. The molecule has 0 saturated heterocycles. The fraction of sp³-hybridized carbons (Fsp3) is 0.591. The molecule has 1 fully saturated rings. The Kier molecular flexibility index (Phi) is 7.25. The maximum Gasteiger partial charge on any atom is 0.344 e. The monoisotopic (exact) mass is 357 g/mol. The smallest absolute Gasteiger partial charge is 0.344 e. The Labute approximate surface area is 157 Å². The van der Waals surface area contributed by atoms with Crippen molar-refractivity contribution in [2.24, 2.45) is 5.92 Å². The molecule has 2 rings (SSSR count). The van der Waals surface area contributed by atoms with Gasteiger partial charge in [0, 0.05) is 5.92 Å². The molecule has 26 heavy (non-hydrogen) atoms. The predicted molar refractivity (Wildman–Crippen MR) is 103 cm³/mol. The third-order valence-corrected chi connectivity index (χ3v) is 4.92. The normalized spacial score (nSPS) is 17.7. The van der Waals surface area contributed by atoms with E-state index in [1.807, 2.05) is 25.1 Å². The zero-order chi connectivity index (χ0) is 19.0. The standard InChI is InChI=1S/C22H31NO3/c1-4-23-17-11-16-21(2,3)26-20(24)22(25,18-12-7-5-8-13-18)19-14-9-6-10-15-19/h5,7-8,12-13,19,23,25H,4,6,9-10,14-15,17H2,1-3H3. The molecule has 4 heteroatoms. The van der Waals surface area contributed by atoms with E-state index >= 15 is 0 Å². The first kappa shape index (κ1) is 20.5. The molecule has 0 heterocycles. The Balaban J connectivity index is 2.24. The van der Waals surface area contributed by atoms with Crippen molar-refractivity contribution < 1.29 is 14.6 Å². The summed E-state index contributed by atoms with van der Waals surface area (Å²) in [4.78, 5) is 13.1. The topological polar surface area (TPSA) is 58.6 Å². The van der Waals surface area contributed by atoms with Gasteiger partial charge in [-0.15, -0.1) is 0 Å². The predicted octanol–water partition coefficient (Wildman–Crippen LogP) is 3.39. The summed E-state index contributed by atoms with van der Waals surface area (Å²) < 4.78 is 5.70. The van der Waals surface area contributed by atoms with Crippen molar-refractivity contribution >= 4 is 5.97 Å². The fourth-order valence-corrected chi connectivity index (χ4v) is 3.51. The second kappa shape index (κ2) is 9.21. The van der Waals surface area contributed by atoms with Crippen molar-refractivity contribution in [1.82, 2.24) is 5.32 Å². The Bertz CT molecular complexity index is 638. The van der Waals surface area contributed by atoms with Gasteiger partial charge in [-0.25, -0.2) is 4.79 Å². The van der Waals surface area contributed by atoms with Gasteiger partial charge in [0.15, 0.2) is 11.2 Å². The number of aliphatic hydroxyl groups is 1. The molecule has 1 atom stereocenters. The molecule has 1 aliphatic rings. The van der Waals surface area contributed by atoms with E-state index in [1.54, 1.807) is 26.0 Å². The molecule has 4 nitrogen and oxygen atoms in total. The maximum absolute atomic E-state index is 13.1. The van der Waals surface area contributed by atoms with Gasteiger partial charge in [0.05, 0.1) is 6.54 Å². The highest BCUT2D eigenvalue weighted by Gasteiger charge is 2.48. The number of nitrogens with one attached hydrogen (secondary N) is 1. The third kappa shape index (κ3) is 5.09. The molecule has 142 valence electrons. The van der Waals surface area contributed by atoms with Crippen LogP contribution in [0.3, 0.4) is 0 Å². The summed E-state index contributed by atoms with van der Waals surface area (Å²) in [6.45, 7) is 6.91. The highest BCUT2D eigenvalue weighted by Crippen LogP contribution is 2.41. The summed E-state index contributed by atoms with van der Waals surface area (Å²) in [5.74, 6) is 5.24. The largest absolute Gasteiger partial charge is 0.444 e. The molecular weight excluding hydrogens is 326 g/mol. The molecule has 1 aromatic carbocycles. The number of benzene rings is 1. The van der Waals surface area contributed by atoms with Crippen LogP contribution in [0.2, 0.25) is 0 Å². The van der Waals surface area contributed by atoms with E-state index in [0.29, 0.717) is 12.1 Å². The van der Waals surface area contributed by atoms with Crippen molar-refractivity contribution in [2.45, 2.75) is 64.1 Å². The molecule has 1 unspecified atom stereocenters. The summed E-state index contributed by atoms with van der Waals surface area (Å²) in [6.07, 6.45) is 4.86. The van der Waals surface area contributed by atoms with Crippen molar-refractivity contribution in [2.75, 3.05) is 13.1 Å². The number of ether oxygens (including phenoxy) is 1. The molecule has 0 bridgehead atoms. The number of hydrogen-bond donors (Lipinski definition) is 2. The minimum atomic E-state index is -1.62. The lowest BCUT2D eigenvalue weighted by atomic mass is 9.73. The SMILES string of the molecule is CCNCC#CC(C)(C)OC(=O)C(O)(c1ccccc1)C1CCCCC1. The highest BCUT2D eigenvalue weighted by molar-refractivity contribution is 5.82. The van der Waals surface area contributed by atoms with Crippen LogP contribution in [0.1, 0.15) is 58.4 Å². The van der Waals surface area contributed by atoms with Crippen LogP contribution in [0.5, 0.6) is 0 Å². The first-order valence-corrected chi connectivity index (χ1v) is 9.62. The van der Waals surface area contributed by atoms with Gasteiger partial charge >= 0.3 is 5.97 Å². The molecule has 0 aliphatic heterocycles. The van der Waals surface area contributed by atoms with Gasteiger partial charge in [0.2, 0.25) is 0 Å². The van der Waals surface area contributed by atoms with E-state index < -0.39 is 17.2 Å². The van der Waals surface area contributed by atoms with E-state index in [0.717, 1.165) is 38.6 Å². The van der Waals surface area contributed by atoms with Crippen molar-refractivity contribution in [3.8, 4) is 11.8 Å². The van der Waals surface area contributed by atoms with Gasteiger partial charge in [0.25, 0.3) is 0 Å². The summed E-state index contributed by atoms with van der Waals surface area (Å²) in [7, 11) is 0. The number of rotatable bonds is 6. The lowest BCUT2D eigenvalue weighted by Gasteiger charge is -2.38. The Morgan fingerprint density at radius 2 is 1.88 bits per heavy atom. The van der Waals surface area contributed by atoms with Gasteiger partial charge in [0.1, 0.15) is 0 Å². The molecule has 1 aromatic rings. The van der Waals surface area contributed by atoms with Crippen LogP contribution in [0.25, 0.3) is 0 Å². The van der Waals surface area contributed by atoms with Gasteiger partial charge in [-0.05, 0) is 38.8 Å². The molecule has 0 spiro atoms. The number of carbonyl (C=O) groups excluding carboxylic acids is 1. The quantitative estimate of drug-likeness (QED) is 0.465. The molecule has 0 amide bonds. The summed E-state index contributed by atoms with van der Waals surface area (Å²) in [6, 6.07) is 9.18. The van der Waals surface area contributed by atoms with Gasteiger partial charge in [-0.2, -0.15) is 0 Å². The van der Waals surface area contributed by atoms with Gasteiger partial charge in [-0.1, -0.05) is 68.4 Å². The van der Waals surface area contributed by atoms with Crippen LogP contribution in [0.4, 0.5) is 0 Å². The summed E-state index contributed by atoms with van der Waals surface area (Å²) >= 11 is 0. The first-order chi connectivity index (χ1) is 12.4. The van der Waals surface area contributed by atoms with E-state index in [4.69, 9.17) is 4.74 Å². The number of carbonyl (C=O) groups is 1. The lowest BCUT2D eigenvalue weighted by molar-refractivity contribution is -0.184. The minimum Gasteiger partial charge on any atom is -0.444 e. The average Bonchev–Trinajstić information content (AvgIpc) is 2.65. The van der Waals surface area contributed by atoms with Crippen LogP contribution in [0.15, 0.2) is 30.3 Å². The average molecular weight is 357 g/mol. The maximum atomic E-state index is 13.1. The summed E-state index contributed by atoms with van der Waals surface area (Å²) in [5, 5.41) is 14.6. The second-order valence-corrected chi connectivity index (χ2v) is 7.45. The van der Waals surface area contributed by atoms with Crippen LogP contribution < -0.4 is 5.32 Å². The molecule has 0 radical (unpaired) electrons. The molecule has 1 saturated carbocycles. The summed E-state index contributed by atoms with van der Waals surface area (Å²) in [5.41, 5.74) is -1.97. The van der Waals surface area contributed by atoms with Crippen molar-refractivity contribution in [3.63, 3.8) is 0 Å². The van der Waals surface area contributed by atoms with E-state index in [1.165, 1.54) is 0 Å². The Hall–Kier alpha value is -1.83. The van der Waals surface area contributed by atoms with Gasteiger partial charge in [-0.3, -0.25) is 0 Å². The third-order valence-electron chi connectivity index (χ3n) is 4.92. The van der Waals surface area contributed by atoms with E-state index in [2.05, 4.69) is 17.2 Å². The first-order valence-electron chi connectivity index (χ1n) is 9.62. The van der Waals surface area contributed by atoms with Crippen LogP contribution in [0, 0.1) is 17.8 Å². The van der Waals surface area contributed by atoms with E-state index in [9.17, 15) is 9.90 Å². The van der Waals surface area contributed by atoms with E-state index in [-0.39, 0.29) is 5.92 Å². The number of esters is 1. The van der Waals surface area contributed by atoms with Crippen LogP contribution >= 0.6 is 0 Å². The lowest BCUT2D eigenvalue weighted by Crippen LogP contribution is -2.47. The Morgan fingerprint density at radius 1 is 1.23 bits per heavy atom. The zero-order valence-electron chi connectivity index (χ0n) is 16.2. The van der Waals surface area contributed by atoms with Crippen molar-refractivity contribution in [3.05, 3.63) is 35.9 Å². The molecular formula is C22H31NO3. The second-order valence-electron chi connectivity index (χ2n) is 7.45. The van der Waals surface area contributed by atoms with Crippen LogP contribution in [-0.2, 0) is 15.1 Å². The highest BCUT2D eigenvalue weighted by atomic mass is 16.6. The molecule has 1 aliphatic carbocycles. The number of hydrogen-bond acceptors (Lipinski definition) is 4. The minimum absolute atomic E-state index is 0.128. The van der Waals surface area contributed by atoms with Crippen molar-refractivity contribution in [1.29, 1.82) is 0 Å². The molecule has 0 aromatic heterocycles. The zero-order valence-corrected chi connectivity index (χ0v) is 16.2. The molecule has 2 N–H and O–H groups in total. The van der Waals surface area contributed by atoms with Crippen LogP contribution in [-0.4, -0.2) is 29.8 Å².